The van der Waals surface area contributed by atoms with E-state index >= 15 is 0 Å². The standard InChI is InChI=1S/2C10H18O3.C10H16O2.C10H18O.C9H15NO.2C9H16O3.C8H11FN2.C8H13FO.C8H13NO.C8H14O2.C8H14O/c1-6-13-9(12)7(2)8(11)10(3,4)5;1-5-12-9(11)7-6-8-13-10(2,3)4;1-6-8(10(3,4)5)12-9(11)7-2;1-8(2)6-9(11)7-10(3,4)5;1-7(6-10)8(11)5-9(2,3)4;1-7(10)12-6-8(11)5-9(2,3)4;1-5-11-9(10)8(4)6-12-7(2)3;1-8(2,3)6-4-10-7(9)11-5-6;1-6(9)5-7(10)8(2,3)4;1-6(5-9)7(10)8(2,3)4;1-5-7(9)10-6-8(2,3)4;1-5-6-7(9)8(2,3)4/h8,11H,2,6H2,1,3-5H3;6-7H,5,8H2,1-4H3;6-8H,1-2H2,3-5H3;6H,7H2,1-5H3;8,11H,1,5H2,2-4H3;5-6H2,1-4H3;7H,4-6H2,1-3H3;4-5H,1-3H3;5H,1-4H3;7,10H,1H2,2-4H3;5H,1,6H2,2-4H3;5-6H,1-4H3/b;7-6+;;;;;;;6-5-;;;6-5+. The van der Waals surface area contributed by atoms with Crippen LogP contribution in [0.25, 0.3) is 0 Å². The molecular weight excluding hydrogens is 1720 g/mol. The van der Waals surface area contributed by atoms with Gasteiger partial charge in [0.2, 0.25) is 0 Å². The SMILES string of the molecule is C/C(F)=C/C(=O)C(C)(C)C.C/C=C/C(=O)C(C)(C)C.C=C(C#N)C(O)C(C)(C)C.C=C(C#N)C(O)CC(C)(C)C.C=C(C(=O)OCC)C(O)C(C)(C)C.C=C(COC(C)C)C(=O)OCC.C=CC(=O)OC(C=C)C(C)(C)C.C=CC(=O)OCC(C)(C)C.CC(=O)OCC(=O)CC(C)(C)C.CC(C)(C)c1cnc(F)nc1.CC(C)=CC(=O)CC(C)(C)C.CCOC(=O)/C=C/COC(C)(C)C. The van der Waals surface area contributed by atoms with Crippen molar-refractivity contribution < 1.29 is 110 Å². The van der Waals surface area contributed by atoms with E-state index in [0.29, 0.717) is 57.9 Å². The Morgan fingerprint density at radius 1 is 0.515 bits per heavy atom. The van der Waals surface area contributed by atoms with Crippen LogP contribution in [-0.2, 0) is 91.3 Å². The van der Waals surface area contributed by atoms with Crippen LogP contribution in [0.4, 0.5) is 8.78 Å². The number of nitriles is 2. The highest BCUT2D eigenvalue weighted by atomic mass is 19.1. The van der Waals surface area contributed by atoms with Gasteiger partial charge in [0.15, 0.2) is 23.1 Å². The van der Waals surface area contributed by atoms with Crippen molar-refractivity contribution in [2.75, 3.05) is 46.2 Å². The van der Waals surface area contributed by atoms with Crippen molar-refractivity contribution in [1.29, 1.82) is 10.5 Å². The number of allylic oxidation sites excluding steroid dienone is 6. The van der Waals surface area contributed by atoms with Gasteiger partial charge in [-0.2, -0.15) is 14.9 Å². The zero-order valence-electron chi connectivity index (χ0n) is 91.0. The molecule has 0 fully saturated rings. The smallest absolute Gasteiger partial charge is 0.336 e. The molecule has 0 aliphatic carbocycles. The third-order valence-electron chi connectivity index (χ3n) is 14.9. The Morgan fingerprint density at radius 2 is 0.940 bits per heavy atom. The van der Waals surface area contributed by atoms with E-state index in [9.17, 15) is 72.0 Å². The molecule has 134 heavy (non-hydrogen) atoms. The number of carbonyl (C=O) groups excluding carboxylic acids is 10. The summed E-state index contributed by atoms with van der Waals surface area (Å²) in [5.41, 5.74) is 1.52. The molecule has 27 heteroatoms. The molecule has 1 aromatic heterocycles. The second-order valence-electron chi connectivity index (χ2n) is 43.1. The van der Waals surface area contributed by atoms with E-state index in [4.69, 9.17) is 43.7 Å². The quantitative estimate of drug-likeness (QED) is 0.0184. The topological polar surface area (TPSA) is 379 Å². The van der Waals surface area contributed by atoms with E-state index < -0.39 is 53.5 Å². The minimum atomic E-state index is -0.855. The van der Waals surface area contributed by atoms with Crippen LogP contribution < -0.4 is 0 Å². The van der Waals surface area contributed by atoms with E-state index in [-0.39, 0.29) is 138 Å². The second-order valence-corrected chi connectivity index (χ2v) is 43.1. The zero-order valence-corrected chi connectivity index (χ0v) is 91.0. The number of nitrogens with zero attached hydrogens (tertiary/aromatic N) is 4. The van der Waals surface area contributed by atoms with Crippen molar-refractivity contribution in [3.05, 3.63) is 158 Å². The predicted molar refractivity (Wildman–Crippen MR) is 538 cm³/mol. The van der Waals surface area contributed by atoms with E-state index in [1.807, 2.05) is 234 Å². The molecule has 770 valence electrons. The molecule has 0 spiro atoms. The Hall–Kier alpha value is -9.64. The Morgan fingerprint density at radius 3 is 1.22 bits per heavy atom. The Labute approximate surface area is 809 Å². The van der Waals surface area contributed by atoms with Crippen molar-refractivity contribution in [1.82, 2.24) is 9.97 Å². The van der Waals surface area contributed by atoms with Gasteiger partial charge in [-0.3, -0.25) is 24.0 Å². The van der Waals surface area contributed by atoms with Gasteiger partial charge in [-0.1, -0.05) is 278 Å². The van der Waals surface area contributed by atoms with Gasteiger partial charge in [-0.25, -0.2) is 38.3 Å². The Bertz CT molecular complexity index is 3890. The fourth-order valence-corrected chi connectivity index (χ4v) is 7.73. The van der Waals surface area contributed by atoms with Gasteiger partial charge in [0.25, 0.3) is 0 Å². The van der Waals surface area contributed by atoms with E-state index in [0.717, 1.165) is 23.3 Å². The number of esters is 6. The molecule has 3 N–H and O–H groups in total. The number of aliphatic hydroxyl groups is 3. The highest BCUT2D eigenvalue weighted by Crippen LogP contribution is 2.28. The normalized spacial score (nSPS) is 12.2. The zero-order chi connectivity index (χ0) is 109. The van der Waals surface area contributed by atoms with Gasteiger partial charge < -0.3 is 53.2 Å². The molecule has 0 amide bonds. The van der Waals surface area contributed by atoms with Crippen molar-refractivity contribution in [3.8, 4) is 12.1 Å². The van der Waals surface area contributed by atoms with Crippen LogP contribution in [-0.4, -0.2) is 167 Å². The first-order chi connectivity index (χ1) is 59.9. The molecular formula is C107H182F2N4O21. The summed E-state index contributed by atoms with van der Waals surface area (Å²) in [6.07, 6.45) is 14.7. The third kappa shape index (κ3) is 108. The number of ketones is 4. The largest absolute Gasteiger partial charge is 0.463 e. The highest BCUT2D eigenvalue weighted by molar-refractivity contribution is 5.94. The van der Waals surface area contributed by atoms with Crippen LogP contribution in [0.15, 0.2) is 147 Å². The molecule has 0 aliphatic rings. The van der Waals surface area contributed by atoms with Crippen LogP contribution >= 0.6 is 0 Å². The first kappa shape index (κ1) is 147. The second kappa shape index (κ2) is 73.6. The first-order valence-corrected chi connectivity index (χ1v) is 44.5. The minimum absolute atomic E-state index is 0.00625. The number of hydrogen-bond acceptors (Lipinski definition) is 25. The molecule has 0 aromatic carbocycles. The summed E-state index contributed by atoms with van der Waals surface area (Å²) in [4.78, 5) is 116. The summed E-state index contributed by atoms with van der Waals surface area (Å²) in [7, 11) is 0. The monoisotopic (exact) mass is 1900 g/mol. The summed E-state index contributed by atoms with van der Waals surface area (Å²) in [5, 5.41) is 45.1. The van der Waals surface area contributed by atoms with Crippen molar-refractivity contribution >= 4 is 58.9 Å². The molecule has 1 rings (SSSR count). The van der Waals surface area contributed by atoms with Gasteiger partial charge in [-0.05, 0) is 145 Å². The molecule has 0 aliphatic heterocycles. The van der Waals surface area contributed by atoms with Crippen molar-refractivity contribution in [3.63, 3.8) is 0 Å². The lowest BCUT2D eigenvalue weighted by molar-refractivity contribution is -0.146. The number of rotatable bonds is 27. The van der Waals surface area contributed by atoms with E-state index in [2.05, 4.69) is 81.5 Å². The fraction of sp³-hybridized carbons (Fsp3) is 0.645. The van der Waals surface area contributed by atoms with Crippen molar-refractivity contribution in [2.24, 2.45) is 48.7 Å². The maximum absolute atomic E-state index is 12.3. The van der Waals surface area contributed by atoms with Crippen molar-refractivity contribution in [2.45, 2.75) is 359 Å². The molecule has 0 bridgehead atoms. The summed E-state index contributed by atoms with van der Waals surface area (Å²) in [6, 6.07) is 3.67. The van der Waals surface area contributed by atoms with Gasteiger partial charge in [0.1, 0.15) is 18.5 Å². The number of Topliss-reactive ketones (excluding diaryl/α,β-unsaturated/α-hetero) is 1. The maximum Gasteiger partial charge on any atom is 0.336 e. The van der Waals surface area contributed by atoms with Gasteiger partial charge in [0, 0.05) is 72.7 Å². The lowest BCUT2D eigenvalue weighted by Crippen LogP contribution is -2.31. The average molecular weight is 1900 g/mol. The van der Waals surface area contributed by atoms with Gasteiger partial charge >= 0.3 is 41.9 Å². The third-order valence-corrected chi connectivity index (χ3v) is 14.9. The number of ether oxygens (including phenoxy) is 8. The maximum atomic E-state index is 12.3. The molecule has 4 unspecified atom stereocenters. The summed E-state index contributed by atoms with van der Waals surface area (Å²) < 4.78 is 63.4. The summed E-state index contributed by atoms with van der Waals surface area (Å²) in [5.74, 6) is -2.60. The summed E-state index contributed by atoms with van der Waals surface area (Å²) >= 11 is 0. The van der Waals surface area contributed by atoms with E-state index in [1.54, 1.807) is 71.9 Å². The van der Waals surface area contributed by atoms with Crippen LogP contribution in [0.5, 0.6) is 0 Å². The number of carbonyl (C=O) groups is 10. The molecule has 4 atom stereocenters. The number of halogens is 2. The lowest BCUT2D eigenvalue weighted by atomic mass is 9.85. The number of aromatic nitrogens is 2. The Kier molecular flexibility index (Phi) is 80.9. The molecule has 0 radical (unpaired) electrons. The molecule has 0 saturated carbocycles. The first-order valence-electron chi connectivity index (χ1n) is 44.5. The molecule has 25 nitrogen and oxygen atoms in total. The minimum Gasteiger partial charge on any atom is -0.463 e. The summed E-state index contributed by atoms with van der Waals surface area (Å²) in [6.45, 7) is 108. The van der Waals surface area contributed by atoms with E-state index in [1.165, 1.54) is 38.4 Å². The molecule has 1 aromatic rings. The van der Waals surface area contributed by atoms with Crippen LogP contribution in [0, 0.1) is 77.5 Å². The molecule has 1 heterocycles. The van der Waals surface area contributed by atoms with Crippen LogP contribution in [0.2, 0.25) is 0 Å². The highest BCUT2D eigenvalue weighted by Gasteiger charge is 2.30. The van der Waals surface area contributed by atoms with Gasteiger partial charge in [0.05, 0.1) is 104 Å². The molecule has 0 saturated heterocycles. The van der Waals surface area contributed by atoms with Crippen LogP contribution in [0.3, 0.4) is 0 Å². The Balaban J connectivity index is -0.000000137. The number of hydrogen-bond donors (Lipinski definition) is 3. The van der Waals surface area contributed by atoms with Crippen LogP contribution in [0.1, 0.15) is 323 Å². The predicted octanol–water partition coefficient (Wildman–Crippen LogP) is 23.5. The lowest BCUT2D eigenvalue weighted by Gasteiger charge is -2.26. The fourth-order valence-electron chi connectivity index (χ4n) is 7.73. The number of aliphatic hydroxyl groups excluding tert-OH is 3. The van der Waals surface area contributed by atoms with Gasteiger partial charge in [-0.15, -0.1) is 0 Å². The average Bonchev–Trinajstić information content (AvgIpc) is 0.876.